The van der Waals surface area contributed by atoms with Crippen LogP contribution in [0.2, 0.25) is 0 Å². The van der Waals surface area contributed by atoms with Gasteiger partial charge in [-0.25, -0.2) is 14.7 Å². The van der Waals surface area contributed by atoms with E-state index < -0.39 is 21.9 Å². The number of likely N-dealkylation sites (N-methyl/N-ethyl adjacent to an activating group) is 1. The largest absolute Gasteiger partial charge is 0.337 e. The summed E-state index contributed by atoms with van der Waals surface area (Å²) in [6, 6.07) is 8.16. The van der Waals surface area contributed by atoms with E-state index in [9.17, 15) is 9.59 Å². The molecule has 1 saturated heterocycles. The molecule has 0 aromatic heterocycles. The molecular weight excluding hydrogens is 411 g/mol. The molecule has 1 heterocycles. The number of carbonyl (C=O) groups is 2. The Bertz CT molecular complexity index is 776. The monoisotopic (exact) mass is 428 g/mol. The van der Waals surface area contributed by atoms with Gasteiger partial charge in [0.2, 0.25) is 9.63 Å². The highest BCUT2D eigenvalue weighted by atomic mass is 35.6. The molecule has 0 bridgehead atoms. The lowest BCUT2D eigenvalue weighted by Gasteiger charge is -2.30. The first-order valence-corrected chi connectivity index (χ1v) is 9.20. The lowest BCUT2D eigenvalue weighted by Crippen LogP contribution is -2.40. The number of rotatable bonds is 5. The fourth-order valence-electron chi connectivity index (χ4n) is 2.48. The summed E-state index contributed by atoms with van der Waals surface area (Å²) >= 11 is 18.4. The maximum Gasteiger partial charge on any atom is 0.337 e. The van der Waals surface area contributed by atoms with Crippen LogP contribution in [0.4, 0.5) is 10.5 Å². The van der Waals surface area contributed by atoms with Crippen molar-refractivity contribution >= 4 is 58.3 Å². The van der Waals surface area contributed by atoms with Crippen LogP contribution in [0.5, 0.6) is 0 Å². The number of hydrogen-bond donors (Lipinski definition) is 0. The zero-order valence-electron chi connectivity index (χ0n) is 15.0. The topological polar surface area (TPSA) is 56.2 Å². The summed E-state index contributed by atoms with van der Waals surface area (Å²) < 4.78 is -1.86. The molecule has 6 nitrogen and oxygen atoms in total. The predicted octanol–water partition coefficient (Wildman–Crippen LogP) is 4.55. The number of amidine groups is 1. The lowest BCUT2D eigenvalue weighted by atomic mass is 10.3. The van der Waals surface area contributed by atoms with Crippen molar-refractivity contribution in [2.75, 3.05) is 11.9 Å². The van der Waals surface area contributed by atoms with E-state index in [-0.39, 0.29) is 5.84 Å². The van der Waals surface area contributed by atoms with Gasteiger partial charge in [-0.2, -0.15) is 0 Å². The first-order chi connectivity index (χ1) is 12.7. The summed E-state index contributed by atoms with van der Waals surface area (Å²) in [4.78, 5) is 33.3. The Morgan fingerprint density at radius 1 is 1.07 bits per heavy atom. The van der Waals surface area contributed by atoms with Crippen LogP contribution >= 0.6 is 34.8 Å². The van der Waals surface area contributed by atoms with Crippen molar-refractivity contribution in [3.05, 3.63) is 54.9 Å². The average molecular weight is 430 g/mol. The van der Waals surface area contributed by atoms with Crippen LogP contribution in [-0.4, -0.2) is 44.6 Å². The van der Waals surface area contributed by atoms with E-state index in [1.807, 2.05) is 0 Å². The van der Waals surface area contributed by atoms with Crippen LogP contribution in [0.15, 0.2) is 59.9 Å². The highest BCUT2D eigenvalue weighted by Crippen LogP contribution is 2.36. The number of aliphatic imine (C=N–C) groups is 1. The van der Waals surface area contributed by atoms with E-state index in [0.29, 0.717) is 5.69 Å². The second-order valence-electron chi connectivity index (χ2n) is 5.60. The number of amides is 3. The summed E-state index contributed by atoms with van der Waals surface area (Å²) in [5.74, 6) is -0.701. The standard InChI is InChI=1S/C18H19Cl3N4O2/c1-4-11-24(12-5-2)16(18(19,20)21)22-14-15(26)23(3)17(27)25(14)13-9-7-6-8-10-13/h4-12,16H,1-3H3. The van der Waals surface area contributed by atoms with Crippen LogP contribution in [-0.2, 0) is 4.79 Å². The first kappa shape index (κ1) is 21.3. The summed E-state index contributed by atoms with van der Waals surface area (Å²) in [5, 5.41) is 0. The summed E-state index contributed by atoms with van der Waals surface area (Å²) in [7, 11) is 1.38. The molecular formula is C18H19Cl3N4O2. The number of nitrogens with zero attached hydrogens (tertiary/aromatic N) is 4. The van der Waals surface area contributed by atoms with Gasteiger partial charge < -0.3 is 4.90 Å². The van der Waals surface area contributed by atoms with Gasteiger partial charge in [-0.15, -0.1) is 0 Å². The number of para-hydroxylation sites is 1. The van der Waals surface area contributed by atoms with Gasteiger partial charge in [0.15, 0.2) is 6.17 Å². The fourth-order valence-corrected chi connectivity index (χ4v) is 2.96. The number of carbonyl (C=O) groups excluding carboxylic acids is 2. The van der Waals surface area contributed by atoms with Crippen molar-refractivity contribution < 1.29 is 9.59 Å². The molecule has 0 N–H and O–H groups in total. The van der Waals surface area contributed by atoms with Crippen LogP contribution in [0.25, 0.3) is 0 Å². The number of hydrogen-bond acceptors (Lipinski definition) is 4. The van der Waals surface area contributed by atoms with Gasteiger partial charge in [0.1, 0.15) is 0 Å². The van der Waals surface area contributed by atoms with Crippen LogP contribution in [0, 0.1) is 0 Å². The van der Waals surface area contributed by atoms with Crippen molar-refractivity contribution in [3.63, 3.8) is 0 Å². The van der Waals surface area contributed by atoms with Gasteiger partial charge in [0, 0.05) is 19.4 Å². The molecule has 1 aliphatic heterocycles. The van der Waals surface area contributed by atoms with E-state index in [0.717, 1.165) is 4.90 Å². The molecule has 0 spiro atoms. The third-order valence-corrected chi connectivity index (χ3v) is 4.25. The molecule has 144 valence electrons. The Hall–Kier alpha value is -2.02. The number of imide groups is 1. The van der Waals surface area contributed by atoms with E-state index in [1.54, 1.807) is 73.6 Å². The molecule has 1 atom stereocenters. The Morgan fingerprint density at radius 3 is 2.11 bits per heavy atom. The normalized spacial score (nSPS) is 18.4. The van der Waals surface area contributed by atoms with Gasteiger partial charge in [-0.1, -0.05) is 65.2 Å². The highest BCUT2D eigenvalue weighted by molar-refractivity contribution is 6.68. The quantitative estimate of drug-likeness (QED) is 0.510. The summed E-state index contributed by atoms with van der Waals surface area (Å²) in [6.07, 6.45) is 5.74. The molecule has 2 rings (SSSR count). The van der Waals surface area contributed by atoms with E-state index in [4.69, 9.17) is 34.8 Å². The number of alkyl halides is 3. The molecule has 27 heavy (non-hydrogen) atoms. The van der Waals surface area contributed by atoms with E-state index in [1.165, 1.54) is 11.9 Å². The molecule has 3 amide bonds. The van der Waals surface area contributed by atoms with Crippen LogP contribution in [0.1, 0.15) is 13.8 Å². The molecule has 0 radical (unpaired) electrons. The smallest absolute Gasteiger partial charge is 0.329 e. The first-order valence-electron chi connectivity index (χ1n) is 8.07. The Kier molecular flexibility index (Phi) is 6.92. The van der Waals surface area contributed by atoms with Crippen molar-refractivity contribution in [1.82, 2.24) is 9.80 Å². The Morgan fingerprint density at radius 2 is 1.63 bits per heavy atom. The van der Waals surface area contributed by atoms with Gasteiger partial charge in [-0.3, -0.25) is 9.69 Å². The molecule has 9 heteroatoms. The maximum absolute atomic E-state index is 12.6. The second kappa shape index (κ2) is 8.78. The third kappa shape index (κ3) is 4.64. The van der Waals surface area contributed by atoms with Gasteiger partial charge in [0.25, 0.3) is 5.91 Å². The van der Waals surface area contributed by atoms with Crippen LogP contribution < -0.4 is 4.90 Å². The van der Waals surface area contributed by atoms with Gasteiger partial charge in [-0.05, 0) is 26.0 Å². The molecule has 1 aliphatic rings. The van der Waals surface area contributed by atoms with Crippen molar-refractivity contribution in [2.45, 2.75) is 23.8 Å². The highest BCUT2D eigenvalue weighted by Gasteiger charge is 2.44. The zero-order chi connectivity index (χ0) is 20.2. The zero-order valence-corrected chi connectivity index (χ0v) is 17.3. The van der Waals surface area contributed by atoms with Gasteiger partial charge >= 0.3 is 6.03 Å². The minimum absolute atomic E-state index is 0.121. The molecule has 0 aliphatic carbocycles. The lowest BCUT2D eigenvalue weighted by molar-refractivity contribution is -0.119. The third-order valence-electron chi connectivity index (χ3n) is 3.66. The molecule has 1 unspecified atom stereocenters. The number of halogens is 3. The number of urea groups is 1. The molecule has 1 fully saturated rings. The maximum atomic E-state index is 12.6. The molecule has 1 aromatic carbocycles. The van der Waals surface area contributed by atoms with E-state index in [2.05, 4.69) is 4.99 Å². The minimum Gasteiger partial charge on any atom is -0.329 e. The second-order valence-corrected chi connectivity index (χ2v) is 7.97. The Balaban J connectivity index is 2.61. The predicted molar refractivity (Wildman–Crippen MR) is 110 cm³/mol. The number of benzene rings is 1. The average Bonchev–Trinajstić information content (AvgIpc) is 2.83. The van der Waals surface area contributed by atoms with Gasteiger partial charge in [0.05, 0.1) is 5.69 Å². The van der Waals surface area contributed by atoms with Crippen molar-refractivity contribution in [1.29, 1.82) is 0 Å². The van der Waals surface area contributed by atoms with Crippen molar-refractivity contribution in [3.8, 4) is 0 Å². The Labute approximate surface area is 173 Å². The SMILES string of the molecule is CC=CN(C=CC)C(N=C1C(=O)N(C)C(=O)N1c1ccccc1)C(Cl)(Cl)Cl. The summed E-state index contributed by atoms with van der Waals surface area (Å²) in [6.45, 7) is 3.60. The molecule has 1 aromatic rings. The fraction of sp³-hybridized carbons (Fsp3) is 0.278. The molecule has 0 saturated carbocycles. The van der Waals surface area contributed by atoms with E-state index >= 15 is 0 Å². The summed E-state index contributed by atoms with van der Waals surface area (Å²) in [5.41, 5.74) is 0.491. The number of allylic oxidation sites excluding steroid dienone is 2. The van der Waals surface area contributed by atoms with Crippen molar-refractivity contribution in [2.24, 2.45) is 4.99 Å². The van der Waals surface area contributed by atoms with Crippen LogP contribution in [0.3, 0.4) is 0 Å². The number of anilines is 1. The minimum atomic E-state index is -1.86.